The number of nitrogens with one attached hydrogen (secondary N) is 2. The van der Waals surface area contributed by atoms with E-state index in [9.17, 15) is 19.7 Å². The van der Waals surface area contributed by atoms with Gasteiger partial charge in [-0.2, -0.15) is 0 Å². The normalized spacial score (nSPS) is 17.0. The molecule has 1 heterocycles. The summed E-state index contributed by atoms with van der Waals surface area (Å²) in [4.78, 5) is 41.5. The highest BCUT2D eigenvalue weighted by atomic mass is 32.2. The van der Waals surface area contributed by atoms with Gasteiger partial charge in [-0.3, -0.25) is 19.7 Å². The molecule has 2 aromatic rings. The molecule has 0 aromatic heterocycles. The quantitative estimate of drug-likeness (QED) is 0.540. The van der Waals surface area contributed by atoms with E-state index in [0.717, 1.165) is 5.69 Å². The van der Waals surface area contributed by atoms with Crippen molar-refractivity contribution in [2.75, 3.05) is 24.3 Å². The van der Waals surface area contributed by atoms with E-state index in [1.165, 1.54) is 17.8 Å². The van der Waals surface area contributed by atoms with Gasteiger partial charge in [0.2, 0.25) is 11.8 Å². The smallest absolute Gasteiger partial charge is 0.274 e. The predicted octanol–water partition coefficient (Wildman–Crippen LogP) is 3.22. The van der Waals surface area contributed by atoms with Crippen LogP contribution in [0.4, 0.5) is 22.7 Å². The molecule has 2 N–H and O–H groups in total. The van der Waals surface area contributed by atoms with Gasteiger partial charge in [-0.15, -0.1) is 0 Å². The first-order chi connectivity index (χ1) is 14.2. The molecule has 30 heavy (non-hydrogen) atoms. The number of hydrogen-bond acceptors (Lipinski definition) is 7. The minimum absolute atomic E-state index is 0.0727. The summed E-state index contributed by atoms with van der Waals surface area (Å²) in [5, 5.41) is 16.1. The SMILES string of the molecule is Cc1ccc(NC(=O)CC2SC(=Nc3ccc(N(C)C)cc3)NC2=O)cc1[N+](=O)[O-]. The van der Waals surface area contributed by atoms with E-state index in [-0.39, 0.29) is 18.0 Å². The van der Waals surface area contributed by atoms with Gasteiger partial charge in [0.15, 0.2) is 5.17 Å². The van der Waals surface area contributed by atoms with Crippen molar-refractivity contribution in [2.24, 2.45) is 4.99 Å². The Morgan fingerprint density at radius 3 is 2.60 bits per heavy atom. The Morgan fingerprint density at radius 1 is 1.27 bits per heavy atom. The Morgan fingerprint density at radius 2 is 1.97 bits per heavy atom. The van der Waals surface area contributed by atoms with Crippen molar-refractivity contribution in [3.63, 3.8) is 0 Å². The first-order valence-corrected chi connectivity index (χ1v) is 9.99. The molecule has 1 atom stereocenters. The third-order valence-electron chi connectivity index (χ3n) is 4.43. The number of nitro benzene ring substituents is 1. The molecule has 1 aliphatic heterocycles. The number of nitro groups is 1. The van der Waals surface area contributed by atoms with Crippen LogP contribution in [0, 0.1) is 17.0 Å². The van der Waals surface area contributed by atoms with Crippen LogP contribution in [0.15, 0.2) is 47.5 Å². The molecular formula is C20H21N5O4S. The fraction of sp³-hybridized carbons (Fsp3) is 0.250. The lowest BCUT2D eigenvalue weighted by atomic mass is 10.2. The van der Waals surface area contributed by atoms with Gasteiger partial charge in [-0.25, -0.2) is 4.99 Å². The van der Waals surface area contributed by atoms with E-state index in [2.05, 4.69) is 15.6 Å². The minimum atomic E-state index is -0.620. The molecule has 9 nitrogen and oxygen atoms in total. The van der Waals surface area contributed by atoms with Crippen molar-refractivity contribution >= 4 is 51.5 Å². The van der Waals surface area contributed by atoms with Crippen molar-refractivity contribution in [1.29, 1.82) is 0 Å². The molecule has 0 radical (unpaired) electrons. The summed E-state index contributed by atoms with van der Waals surface area (Å²) in [5.41, 5.74) is 2.47. The number of anilines is 2. The predicted molar refractivity (Wildman–Crippen MR) is 118 cm³/mol. The summed E-state index contributed by atoms with van der Waals surface area (Å²) >= 11 is 1.18. The zero-order chi connectivity index (χ0) is 21.8. The van der Waals surface area contributed by atoms with Crippen LogP contribution in [0.2, 0.25) is 0 Å². The van der Waals surface area contributed by atoms with E-state index >= 15 is 0 Å². The van der Waals surface area contributed by atoms with E-state index in [1.54, 1.807) is 19.1 Å². The number of carbonyl (C=O) groups excluding carboxylic acids is 2. The first kappa shape index (κ1) is 21.3. The second-order valence-corrected chi connectivity index (χ2v) is 8.13. The lowest BCUT2D eigenvalue weighted by Gasteiger charge is -2.11. The Labute approximate surface area is 177 Å². The lowest BCUT2D eigenvalue weighted by molar-refractivity contribution is -0.385. The van der Waals surface area contributed by atoms with Crippen LogP contribution in [-0.2, 0) is 9.59 Å². The highest BCUT2D eigenvalue weighted by Crippen LogP contribution is 2.27. The van der Waals surface area contributed by atoms with Crippen molar-refractivity contribution in [3.05, 3.63) is 58.1 Å². The molecule has 3 rings (SSSR count). The molecule has 1 unspecified atom stereocenters. The molecule has 1 fully saturated rings. The van der Waals surface area contributed by atoms with Gasteiger partial charge in [0, 0.05) is 43.5 Å². The Bertz CT molecular complexity index is 1020. The maximum Gasteiger partial charge on any atom is 0.274 e. The van der Waals surface area contributed by atoms with E-state index in [0.29, 0.717) is 22.1 Å². The second-order valence-electron chi connectivity index (χ2n) is 6.93. The van der Waals surface area contributed by atoms with Crippen molar-refractivity contribution in [2.45, 2.75) is 18.6 Å². The topological polar surface area (TPSA) is 117 Å². The molecule has 156 valence electrons. The monoisotopic (exact) mass is 427 g/mol. The fourth-order valence-electron chi connectivity index (χ4n) is 2.80. The largest absolute Gasteiger partial charge is 0.378 e. The molecular weight excluding hydrogens is 406 g/mol. The maximum absolute atomic E-state index is 12.3. The molecule has 0 aliphatic carbocycles. The molecule has 0 saturated carbocycles. The van der Waals surface area contributed by atoms with Gasteiger partial charge in [-0.1, -0.05) is 17.8 Å². The molecule has 1 saturated heterocycles. The molecule has 10 heteroatoms. The number of carbonyl (C=O) groups is 2. The zero-order valence-corrected chi connectivity index (χ0v) is 17.5. The standard InChI is InChI=1S/C20H21N5O4S/c1-12-4-5-14(10-16(12)25(28)29)21-18(26)11-17-19(27)23-20(30-17)22-13-6-8-15(9-7-13)24(2)3/h4-10,17H,11H2,1-3H3,(H,21,26)(H,22,23,27). The molecule has 1 aliphatic rings. The first-order valence-electron chi connectivity index (χ1n) is 9.11. The summed E-state index contributed by atoms with van der Waals surface area (Å²) in [6.07, 6.45) is -0.0727. The molecule has 2 aromatic carbocycles. The number of nitrogens with zero attached hydrogens (tertiary/aromatic N) is 3. The van der Waals surface area contributed by atoms with Crippen LogP contribution in [0.25, 0.3) is 0 Å². The highest BCUT2D eigenvalue weighted by molar-refractivity contribution is 8.15. The maximum atomic E-state index is 12.3. The van der Waals surface area contributed by atoms with Crippen LogP contribution in [0.1, 0.15) is 12.0 Å². The van der Waals surface area contributed by atoms with Crippen LogP contribution < -0.4 is 15.5 Å². The van der Waals surface area contributed by atoms with Crippen molar-refractivity contribution in [1.82, 2.24) is 5.32 Å². The second kappa shape index (κ2) is 8.95. The van der Waals surface area contributed by atoms with Gasteiger partial charge in [-0.05, 0) is 37.3 Å². The number of benzene rings is 2. The zero-order valence-electron chi connectivity index (χ0n) is 16.7. The van der Waals surface area contributed by atoms with Crippen LogP contribution in [0.3, 0.4) is 0 Å². The molecule has 2 amide bonds. The van der Waals surface area contributed by atoms with Crippen molar-refractivity contribution < 1.29 is 14.5 Å². The minimum Gasteiger partial charge on any atom is -0.378 e. The van der Waals surface area contributed by atoms with Crippen molar-refractivity contribution in [3.8, 4) is 0 Å². The Balaban J connectivity index is 1.62. The summed E-state index contributed by atoms with van der Waals surface area (Å²) in [7, 11) is 3.89. The van der Waals surface area contributed by atoms with Gasteiger partial charge < -0.3 is 15.5 Å². The van der Waals surface area contributed by atoms with E-state index in [4.69, 9.17) is 0 Å². The number of thioether (sulfide) groups is 1. The third kappa shape index (κ3) is 5.15. The van der Waals surface area contributed by atoms with Gasteiger partial charge in [0.05, 0.1) is 10.6 Å². The fourth-order valence-corrected chi connectivity index (χ4v) is 3.79. The average Bonchev–Trinajstić information content (AvgIpc) is 3.02. The third-order valence-corrected chi connectivity index (χ3v) is 5.52. The van der Waals surface area contributed by atoms with Gasteiger partial charge in [0.25, 0.3) is 5.69 Å². The summed E-state index contributed by atoms with van der Waals surface area (Å²) < 4.78 is 0. The van der Waals surface area contributed by atoms with Crippen LogP contribution in [-0.4, -0.2) is 41.3 Å². The number of rotatable bonds is 6. The molecule has 0 bridgehead atoms. The van der Waals surface area contributed by atoms with E-state index < -0.39 is 16.1 Å². The number of amides is 2. The average molecular weight is 427 g/mol. The van der Waals surface area contributed by atoms with Gasteiger partial charge >= 0.3 is 0 Å². The number of aryl methyl sites for hydroxylation is 1. The summed E-state index contributed by atoms with van der Waals surface area (Å²) in [5.74, 6) is -0.703. The number of amidine groups is 1. The Kier molecular flexibility index (Phi) is 6.36. The number of hydrogen-bond donors (Lipinski definition) is 2. The summed E-state index contributed by atoms with van der Waals surface area (Å²) in [6.45, 7) is 1.62. The lowest BCUT2D eigenvalue weighted by Crippen LogP contribution is -2.28. The van der Waals surface area contributed by atoms with Crippen LogP contribution >= 0.6 is 11.8 Å². The van der Waals surface area contributed by atoms with Crippen LogP contribution in [0.5, 0.6) is 0 Å². The molecule has 0 spiro atoms. The van der Waals surface area contributed by atoms with Gasteiger partial charge in [0.1, 0.15) is 5.25 Å². The van der Waals surface area contributed by atoms with E-state index in [1.807, 2.05) is 43.3 Å². The highest BCUT2D eigenvalue weighted by Gasteiger charge is 2.32. The Hall–Kier alpha value is -3.40. The number of aliphatic imine (C=N–C) groups is 1. The summed E-state index contributed by atoms with van der Waals surface area (Å²) in [6, 6.07) is 12.0.